The van der Waals surface area contributed by atoms with Crippen molar-refractivity contribution in [3.63, 3.8) is 0 Å². The molecule has 5 nitrogen and oxygen atoms in total. The van der Waals surface area contributed by atoms with Crippen molar-refractivity contribution in [2.75, 3.05) is 13.2 Å². The minimum Gasteiger partial charge on any atom is -0.379 e. The van der Waals surface area contributed by atoms with Crippen LogP contribution in [0.15, 0.2) is 4.52 Å². The lowest BCUT2D eigenvalue weighted by atomic mass is 9.98. The van der Waals surface area contributed by atoms with Crippen LogP contribution in [-0.2, 0) is 10.3 Å². The lowest BCUT2D eigenvalue weighted by Crippen LogP contribution is -2.39. The zero-order chi connectivity index (χ0) is 13.9. The number of nitrogens with two attached hydrogens (primary N) is 1. The van der Waals surface area contributed by atoms with Crippen molar-refractivity contribution in [3.05, 3.63) is 11.7 Å². The minimum absolute atomic E-state index is 0.397. The van der Waals surface area contributed by atoms with Crippen LogP contribution in [0.3, 0.4) is 0 Å². The van der Waals surface area contributed by atoms with Gasteiger partial charge in [-0.3, -0.25) is 0 Å². The molecule has 2 N–H and O–H groups in total. The van der Waals surface area contributed by atoms with Crippen LogP contribution < -0.4 is 5.73 Å². The third kappa shape index (κ3) is 3.34. The van der Waals surface area contributed by atoms with Gasteiger partial charge in [-0.2, -0.15) is 4.98 Å². The molecule has 0 amide bonds. The lowest BCUT2D eigenvalue weighted by molar-refractivity contribution is 0.0867. The van der Waals surface area contributed by atoms with Gasteiger partial charge in [0.2, 0.25) is 5.89 Å². The lowest BCUT2D eigenvalue weighted by Gasteiger charge is -2.20. The summed E-state index contributed by atoms with van der Waals surface area (Å²) >= 11 is 0. The molecule has 1 fully saturated rings. The Bertz CT molecular complexity index is 403. The molecule has 0 aromatic carbocycles. The molecule has 1 aromatic heterocycles. The third-order valence-corrected chi connectivity index (χ3v) is 3.88. The van der Waals surface area contributed by atoms with Crippen molar-refractivity contribution in [2.45, 2.75) is 57.9 Å². The van der Waals surface area contributed by atoms with E-state index in [4.69, 9.17) is 15.0 Å². The Labute approximate surface area is 114 Å². The topological polar surface area (TPSA) is 74.2 Å². The van der Waals surface area contributed by atoms with Crippen LogP contribution in [0.1, 0.15) is 64.1 Å². The zero-order valence-electron chi connectivity index (χ0n) is 12.2. The maximum absolute atomic E-state index is 6.22. The molecule has 19 heavy (non-hydrogen) atoms. The smallest absolute Gasteiger partial charge is 0.230 e. The monoisotopic (exact) mass is 267 g/mol. The molecule has 1 aromatic rings. The van der Waals surface area contributed by atoms with Gasteiger partial charge in [0.05, 0.1) is 6.61 Å². The first-order chi connectivity index (χ1) is 9.04. The largest absolute Gasteiger partial charge is 0.379 e. The van der Waals surface area contributed by atoms with Gasteiger partial charge in [-0.1, -0.05) is 25.4 Å². The number of hydrogen-bond donors (Lipinski definition) is 1. The molecule has 0 aliphatic heterocycles. The molecule has 1 heterocycles. The first-order valence-electron chi connectivity index (χ1n) is 7.25. The highest BCUT2D eigenvalue weighted by Crippen LogP contribution is 2.38. The highest BCUT2D eigenvalue weighted by Gasteiger charge is 2.33. The van der Waals surface area contributed by atoms with Crippen molar-refractivity contribution in [1.82, 2.24) is 10.1 Å². The Morgan fingerprint density at radius 2 is 2.26 bits per heavy atom. The highest BCUT2D eigenvalue weighted by atomic mass is 16.5. The van der Waals surface area contributed by atoms with Crippen molar-refractivity contribution < 1.29 is 9.26 Å². The molecule has 2 rings (SSSR count). The average molecular weight is 267 g/mol. The molecule has 3 unspecified atom stereocenters. The van der Waals surface area contributed by atoms with Gasteiger partial charge in [0.25, 0.3) is 0 Å². The van der Waals surface area contributed by atoms with E-state index in [0.717, 1.165) is 18.7 Å². The van der Waals surface area contributed by atoms with Gasteiger partial charge in [0.15, 0.2) is 5.82 Å². The molecular weight excluding hydrogens is 242 g/mol. The molecule has 0 saturated heterocycles. The second-order valence-electron chi connectivity index (χ2n) is 5.94. The first-order valence-corrected chi connectivity index (χ1v) is 7.25. The van der Waals surface area contributed by atoms with Crippen LogP contribution in [0.5, 0.6) is 0 Å². The SMILES string of the molecule is CCCOCC(C)(N)c1noc(C2CCCC2C)n1. The van der Waals surface area contributed by atoms with Crippen LogP contribution in [0, 0.1) is 5.92 Å². The molecule has 0 bridgehead atoms. The number of hydrogen-bond acceptors (Lipinski definition) is 5. The van der Waals surface area contributed by atoms with Gasteiger partial charge < -0.3 is 15.0 Å². The van der Waals surface area contributed by atoms with E-state index in [2.05, 4.69) is 24.0 Å². The van der Waals surface area contributed by atoms with Gasteiger partial charge >= 0.3 is 0 Å². The Hall–Kier alpha value is -0.940. The molecule has 108 valence electrons. The third-order valence-electron chi connectivity index (χ3n) is 3.88. The Morgan fingerprint density at radius 3 is 2.89 bits per heavy atom. The van der Waals surface area contributed by atoms with E-state index in [-0.39, 0.29) is 0 Å². The fourth-order valence-electron chi connectivity index (χ4n) is 2.62. The molecule has 0 radical (unpaired) electrons. The number of ether oxygens (including phenoxy) is 1. The van der Waals surface area contributed by atoms with E-state index in [0.29, 0.717) is 30.9 Å². The summed E-state index contributed by atoms with van der Waals surface area (Å²) in [7, 11) is 0. The summed E-state index contributed by atoms with van der Waals surface area (Å²) in [6.07, 6.45) is 4.59. The molecular formula is C14H25N3O2. The van der Waals surface area contributed by atoms with Crippen molar-refractivity contribution in [1.29, 1.82) is 0 Å². The van der Waals surface area contributed by atoms with E-state index in [9.17, 15) is 0 Å². The van der Waals surface area contributed by atoms with Gasteiger partial charge in [0, 0.05) is 12.5 Å². The number of aromatic nitrogens is 2. The quantitative estimate of drug-likeness (QED) is 0.802. The molecule has 3 atom stereocenters. The standard InChI is InChI=1S/C14H25N3O2/c1-4-8-18-9-14(3,15)13-16-12(19-17-13)11-7-5-6-10(11)2/h10-11H,4-9,15H2,1-3H3. The summed E-state index contributed by atoms with van der Waals surface area (Å²) in [4.78, 5) is 4.51. The summed E-state index contributed by atoms with van der Waals surface area (Å²) in [6.45, 7) is 7.32. The first kappa shape index (κ1) is 14.5. The van der Waals surface area contributed by atoms with Gasteiger partial charge in [-0.15, -0.1) is 0 Å². The maximum Gasteiger partial charge on any atom is 0.230 e. The van der Waals surface area contributed by atoms with E-state index in [1.165, 1.54) is 12.8 Å². The van der Waals surface area contributed by atoms with Crippen LogP contribution in [0.2, 0.25) is 0 Å². The zero-order valence-corrected chi connectivity index (χ0v) is 12.2. The van der Waals surface area contributed by atoms with Crippen molar-refractivity contribution in [2.24, 2.45) is 11.7 Å². The fourth-order valence-corrected chi connectivity index (χ4v) is 2.62. The summed E-state index contributed by atoms with van der Waals surface area (Å²) < 4.78 is 10.9. The molecule has 1 aliphatic carbocycles. The predicted octanol–water partition coefficient (Wildman–Crippen LogP) is 2.57. The molecule has 0 spiro atoms. The van der Waals surface area contributed by atoms with Crippen LogP contribution in [0.25, 0.3) is 0 Å². The Balaban J connectivity index is 2.03. The second-order valence-corrected chi connectivity index (χ2v) is 5.94. The van der Waals surface area contributed by atoms with Crippen LogP contribution in [-0.4, -0.2) is 23.4 Å². The van der Waals surface area contributed by atoms with E-state index in [1.54, 1.807) is 0 Å². The summed E-state index contributed by atoms with van der Waals surface area (Å²) in [5, 5.41) is 4.05. The van der Waals surface area contributed by atoms with Gasteiger partial charge in [-0.25, -0.2) is 0 Å². The molecule has 1 saturated carbocycles. The maximum atomic E-state index is 6.22. The number of rotatable bonds is 6. The van der Waals surface area contributed by atoms with E-state index >= 15 is 0 Å². The Kier molecular flexibility index (Phi) is 4.58. The van der Waals surface area contributed by atoms with Gasteiger partial charge in [-0.05, 0) is 32.1 Å². The van der Waals surface area contributed by atoms with Gasteiger partial charge in [0.1, 0.15) is 5.54 Å². The highest BCUT2D eigenvalue weighted by molar-refractivity contribution is 5.05. The van der Waals surface area contributed by atoms with Crippen molar-refractivity contribution in [3.8, 4) is 0 Å². The normalized spacial score (nSPS) is 26.5. The summed E-state index contributed by atoms with van der Waals surface area (Å²) in [6, 6.07) is 0. The van der Waals surface area contributed by atoms with E-state index in [1.807, 2.05) is 6.92 Å². The van der Waals surface area contributed by atoms with E-state index < -0.39 is 5.54 Å². The average Bonchev–Trinajstić information content (AvgIpc) is 2.97. The van der Waals surface area contributed by atoms with Crippen LogP contribution in [0.4, 0.5) is 0 Å². The molecule has 5 heteroatoms. The second kappa shape index (κ2) is 6.01. The molecule has 1 aliphatic rings. The number of nitrogens with zero attached hydrogens (tertiary/aromatic N) is 2. The van der Waals surface area contributed by atoms with Crippen molar-refractivity contribution >= 4 is 0 Å². The predicted molar refractivity (Wildman–Crippen MR) is 72.7 cm³/mol. The fraction of sp³-hybridized carbons (Fsp3) is 0.857. The Morgan fingerprint density at radius 1 is 1.47 bits per heavy atom. The minimum atomic E-state index is -0.682. The van der Waals surface area contributed by atoms with Crippen LogP contribution >= 0.6 is 0 Å². The summed E-state index contributed by atoms with van der Waals surface area (Å²) in [5.41, 5.74) is 5.53. The summed E-state index contributed by atoms with van der Waals surface area (Å²) in [5.74, 6) is 2.31.